The van der Waals surface area contributed by atoms with Crippen molar-refractivity contribution >= 4 is 33.2 Å². The van der Waals surface area contributed by atoms with Crippen LogP contribution in [0.15, 0.2) is 48.5 Å². The third-order valence-corrected chi connectivity index (χ3v) is 6.24. The van der Waals surface area contributed by atoms with Crippen LogP contribution in [0.2, 0.25) is 0 Å². The molecule has 0 unspecified atom stereocenters. The smallest absolute Gasteiger partial charge is 0.255 e. The van der Waals surface area contributed by atoms with Gasteiger partial charge in [-0.2, -0.15) is 0 Å². The van der Waals surface area contributed by atoms with Crippen molar-refractivity contribution in [2.75, 3.05) is 42.6 Å². The summed E-state index contributed by atoms with van der Waals surface area (Å²) in [5, 5.41) is 2.71. The maximum absolute atomic E-state index is 12.9. The van der Waals surface area contributed by atoms with Gasteiger partial charge in [0.25, 0.3) is 5.91 Å². The minimum atomic E-state index is -3.76. The van der Waals surface area contributed by atoms with Crippen LogP contribution < -0.4 is 14.4 Å². The molecule has 3 rings (SSSR count). The molecule has 1 N–H and O–H groups in total. The molecule has 1 heterocycles. The van der Waals surface area contributed by atoms with E-state index in [-0.39, 0.29) is 11.6 Å². The maximum atomic E-state index is 12.9. The predicted octanol–water partition coefficient (Wildman–Crippen LogP) is 2.73. The molecular weight excluding hydrogens is 418 g/mol. The van der Waals surface area contributed by atoms with Crippen LogP contribution in [0.3, 0.4) is 0 Å². The summed E-state index contributed by atoms with van der Waals surface area (Å²) in [5.41, 5.74) is 1.01. The number of piperidine rings is 1. The number of benzene rings is 2. The van der Waals surface area contributed by atoms with Gasteiger partial charge < -0.3 is 15.0 Å². The first-order valence-electron chi connectivity index (χ1n) is 10.1. The number of nitrogens with zero attached hydrogens (tertiary/aromatic N) is 2. The molecular formula is C22H27N3O5S. The summed E-state index contributed by atoms with van der Waals surface area (Å²) in [6, 6.07) is 13.3. The van der Waals surface area contributed by atoms with Crippen molar-refractivity contribution in [3.8, 4) is 5.75 Å². The third kappa shape index (κ3) is 5.55. The molecule has 166 valence electrons. The van der Waals surface area contributed by atoms with Gasteiger partial charge in [-0.1, -0.05) is 24.3 Å². The summed E-state index contributed by atoms with van der Waals surface area (Å²) in [6.07, 6.45) is 4.05. The fourth-order valence-corrected chi connectivity index (χ4v) is 4.44. The highest BCUT2D eigenvalue weighted by molar-refractivity contribution is 7.92. The number of anilines is 2. The van der Waals surface area contributed by atoms with E-state index < -0.39 is 22.5 Å². The largest absolute Gasteiger partial charge is 0.495 e. The number of nitrogens with one attached hydrogen (secondary N) is 1. The second kappa shape index (κ2) is 9.82. The molecule has 1 aliphatic rings. The minimum absolute atomic E-state index is 0.139. The Balaban J connectivity index is 1.81. The van der Waals surface area contributed by atoms with Crippen molar-refractivity contribution < 1.29 is 22.7 Å². The number of methoxy groups -OCH3 is 1. The van der Waals surface area contributed by atoms with Gasteiger partial charge in [0.1, 0.15) is 12.3 Å². The molecule has 8 nitrogen and oxygen atoms in total. The lowest BCUT2D eigenvalue weighted by Crippen LogP contribution is -2.38. The number of amides is 2. The van der Waals surface area contributed by atoms with Gasteiger partial charge in [0, 0.05) is 13.1 Å². The molecule has 9 heteroatoms. The van der Waals surface area contributed by atoms with E-state index in [9.17, 15) is 18.0 Å². The number of likely N-dealkylation sites (tertiary alicyclic amines) is 1. The van der Waals surface area contributed by atoms with Crippen molar-refractivity contribution in [1.82, 2.24) is 4.90 Å². The normalized spacial score (nSPS) is 14.1. The lowest BCUT2D eigenvalue weighted by molar-refractivity contribution is -0.114. The molecule has 31 heavy (non-hydrogen) atoms. The maximum Gasteiger partial charge on any atom is 0.255 e. The van der Waals surface area contributed by atoms with Crippen LogP contribution in [0.4, 0.5) is 11.4 Å². The Morgan fingerprint density at radius 3 is 2.35 bits per heavy atom. The summed E-state index contributed by atoms with van der Waals surface area (Å²) in [5.74, 6) is -0.364. The summed E-state index contributed by atoms with van der Waals surface area (Å²) < 4.78 is 31.0. The fraction of sp³-hybridized carbons (Fsp3) is 0.364. The standard InChI is InChI=1S/C22H27N3O5S/c1-30-20-13-7-6-12-19(20)25(31(2,28)29)16-21(26)23-18-11-5-4-10-17(18)22(27)24-14-8-3-9-15-24/h4-7,10-13H,3,8-9,14-16H2,1-2H3,(H,23,26). The number of sulfonamides is 1. The van der Waals surface area contributed by atoms with Gasteiger partial charge in [-0.25, -0.2) is 8.42 Å². The van der Waals surface area contributed by atoms with Crippen molar-refractivity contribution in [2.24, 2.45) is 0 Å². The van der Waals surface area contributed by atoms with Crippen molar-refractivity contribution in [1.29, 1.82) is 0 Å². The fourth-order valence-electron chi connectivity index (χ4n) is 3.58. The Bertz CT molecular complexity index is 1050. The Hall–Kier alpha value is -3.07. The zero-order valence-corrected chi connectivity index (χ0v) is 18.5. The Morgan fingerprint density at radius 1 is 1.03 bits per heavy atom. The Morgan fingerprint density at radius 2 is 1.68 bits per heavy atom. The molecule has 1 saturated heterocycles. The van der Waals surface area contributed by atoms with Gasteiger partial charge in [0.15, 0.2) is 0 Å². The monoisotopic (exact) mass is 445 g/mol. The predicted molar refractivity (Wildman–Crippen MR) is 120 cm³/mol. The van der Waals surface area contributed by atoms with Crippen molar-refractivity contribution in [3.05, 3.63) is 54.1 Å². The van der Waals surface area contributed by atoms with E-state index >= 15 is 0 Å². The van der Waals surface area contributed by atoms with Crippen molar-refractivity contribution in [2.45, 2.75) is 19.3 Å². The van der Waals surface area contributed by atoms with Gasteiger partial charge in [-0.15, -0.1) is 0 Å². The summed E-state index contributed by atoms with van der Waals surface area (Å²) in [6.45, 7) is 0.930. The van der Waals surface area contributed by atoms with E-state index in [1.165, 1.54) is 7.11 Å². The molecule has 0 aliphatic carbocycles. The second-order valence-corrected chi connectivity index (χ2v) is 9.29. The Kier molecular flexibility index (Phi) is 7.17. The minimum Gasteiger partial charge on any atom is -0.495 e. The molecule has 0 spiro atoms. The summed E-state index contributed by atoms with van der Waals surface area (Å²) in [4.78, 5) is 27.5. The molecule has 0 bridgehead atoms. The molecule has 2 aromatic carbocycles. The molecule has 0 radical (unpaired) electrons. The quantitative estimate of drug-likeness (QED) is 0.707. The lowest BCUT2D eigenvalue weighted by Gasteiger charge is -2.27. The average molecular weight is 446 g/mol. The number of carbonyl (C=O) groups is 2. The third-order valence-electron chi connectivity index (χ3n) is 5.12. The van der Waals surface area contributed by atoms with Gasteiger partial charge >= 0.3 is 0 Å². The zero-order valence-electron chi connectivity index (χ0n) is 17.7. The van der Waals surface area contributed by atoms with Crippen LogP contribution in [0, 0.1) is 0 Å². The molecule has 2 aromatic rings. The summed E-state index contributed by atoms with van der Waals surface area (Å²) >= 11 is 0. The molecule has 0 aromatic heterocycles. The number of hydrogen-bond donors (Lipinski definition) is 1. The van der Waals surface area contributed by atoms with Crippen LogP contribution in [-0.2, 0) is 14.8 Å². The van der Waals surface area contributed by atoms with E-state index in [2.05, 4.69) is 5.32 Å². The highest BCUT2D eigenvalue weighted by Crippen LogP contribution is 2.29. The first kappa shape index (κ1) is 22.6. The molecule has 0 atom stereocenters. The first-order chi connectivity index (χ1) is 14.8. The van der Waals surface area contributed by atoms with Crippen LogP contribution in [0.25, 0.3) is 0 Å². The Labute approximate surface area is 182 Å². The van der Waals surface area contributed by atoms with E-state index in [4.69, 9.17) is 4.74 Å². The molecule has 2 amide bonds. The zero-order chi connectivity index (χ0) is 22.4. The SMILES string of the molecule is COc1ccccc1N(CC(=O)Nc1ccccc1C(=O)N1CCCCC1)S(C)(=O)=O. The highest BCUT2D eigenvalue weighted by atomic mass is 32.2. The number of carbonyl (C=O) groups excluding carboxylic acids is 2. The molecule has 0 saturated carbocycles. The van der Waals surface area contributed by atoms with Crippen LogP contribution in [-0.4, -0.2) is 58.1 Å². The van der Waals surface area contributed by atoms with E-state index in [1.54, 1.807) is 53.4 Å². The lowest BCUT2D eigenvalue weighted by atomic mass is 10.1. The summed E-state index contributed by atoms with van der Waals surface area (Å²) in [7, 11) is -2.33. The number of rotatable bonds is 7. The number of ether oxygens (including phenoxy) is 1. The molecule has 1 fully saturated rings. The van der Waals surface area contributed by atoms with E-state index in [1.807, 2.05) is 0 Å². The topological polar surface area (TPSA) is 96.0 Å². The van der Waals surface area contributed by atoms with Gasteiger partial charge in [-0.3, -0.25) is 13.9 Å². The van der Waals surface area contributed by atoms with Crippen LogP contribution in [0.5, 0.6) is 5.75 Å². The van der Waals surface area contributed by atoms with Gasteiger partial charge in [-0.05, 0) is 43.5 Å². The van der Waals surface area contributed by atoms with Gasteiger partial charge in [0.2, 0.25) is 15.9 Å². The number of para-hydroxylation sites is 3. The van der Waals surface area contributed by atoms with Gasteiger partial charge in [0.05, 0.1) is 30.3 Å². The highest BCUT2D eigenvalue weighted by Gasteiger charge is 2.25. The van der Waals surface area contributed by atoms with Crippen LogP contribution >= 0.6 is 0 Å². The molecule has 1 aliphatic heterocycles. The average Bonchev–Trinajstić information content (AvgIpc) is 2.77. The van der Waals surface area contributed by atoms with E-state index in [0.29, 0.717) is 30.1 Å². The number of hydrogen-bond acceptors (Lipinski definition) is 5. The van der Waals surface area contributed by atoms with E-state index in [0.717, 1.165) is 29.8 Å². The second-order valence-electron chi connectivity index (χ2n) is 7.39. The first-order valence-corrected chi connectivity index (χ1v) is 11.9. The van der Waals surface area contributed by atoms with Crippen molar-refractivity contribution in [3.63, 3.8) is 0 Å². The van der Waals surface area contributed by atoms with Crippen LogP contribution in [0.1, 0.15) is 29.6 Å².